The van der Waals surface area contributed by atoms with Crippen molar-refractivity contribution in [3.63, 3.8) is 0 Å². The van der Waals surface area contributed by atoms with E-state index < -0.39 is 0 Å². The van der Waals surface area contributed by atoms with E-state index in [-0.39, 0.29) is 5.91 Å². The summed E-state index contributed by atoms with van der Waals surface area (Å²) in [5, 5.41) is 0. The van der Waals surface area contributed by atoms with E-state index in [4.69, 9.17) is 5.73 Å². The smallest absolute Gasteiger partial charge is 0.250 e. The van der Waals surface area contributed by atoms with Crippen molar-refractivity contribution in [1.29, 1.82) is 0 Å². The first-order valence-electron chi connectivity index (χ1n) is 7.08. The Hall–Kier alpha value is -1.55. The Balaban J connectivity index is 2.00. The molecule has 0 radical (unpaired) electrons. The number of primary amides is 1. The quantitative estimate of drug-likeness (QED) is 0.878. The second kappa shape index (κ2) is 6.57. The Bertz CT molecular complexity index is 425. The molecule has 0 aromatic heterocycles. The number of unbranched alkanes of at least 4 members (excludes halogenated alkanes) is 1. The Labute approximate surface area is 115 Å². The van der Waals surface area contributed by atoms with Crippen molar-refractivity contribution in [2.24, 2.45) is 5.73 Å². The van der Waals surface area contributed by atoms with Crippen molar-refractivity contribution in [2.45, 2.75) is 19.8 Å². The topological polar surface area (TPSA) is 49.6 Å². The van der Waals surface area contributed by atoms with Gasteiger partial charge in [0, 0.05) is 31.9 Å². The third kappa shape index (κ3) is 3.47. The van der Waals surface area contributed by atoms with Crippen molar-refractivity contribution < 1.29 is 4.79 Å². The van der Waals surface area contributed by atoms with Gasteiger partial charge in [-0.15, -0.1) is 0 Å². The fourth-order valence-corrected chi connectivity index (χ4v) is 2.55. The number of carbonyl (C=O) groups excluding carboxylic acids is 1. The van der Waals surface area contributed by atoms with Gasteiger partial charge < -0.3 is 10.6 Å². The van der Waals surface area contributed by atoms with Gasteiger partial charge in [-0.25, -0.2) is 0 Å². The average molecular weight is 261 g/mol. The van der Waals surface area contributed by atoms with Crippen LogP contribution in [0.4, 0.5) is 5.69 Å². The van der Waals surface area contributed by atoms with Gasteiger partial charge in [0.2, 0.25) is 0 Å². The highest BCUT2D eigenvalue weighted by Gasteiger charge is 2.19. The zero-order valence-electron chi connectivity index (χ0n) is 11.6. The second-order valence-corrected chi connectivity index (χ2v) is 5.06. The molecule has 1 saturated heterocycles. The highest BCUT2D eigenvalue weighted by atomic mass is 16.1. The van der Waals surface area contributed by atoms with Gasteiger partial charge in [-0.2, -0.15) is 0 Å². The van der Waals surface area contributed by atoms with Crippen molar-refractivity contribution in [2.75, 3.05) is 37.6 Å². The summed E-state index contributed by atoms with van der Waals surface area (Å²) in [6, 6.07) is 7.62. The molecule has 0 aliphatic carbocycles. The predicted molar refractivity (Wildman–Crippen MR) is 78.5 cm³/mol. The average Bonchev–Trinajstić information content (AvgIpc) is 2.45. The summed E-state index contributed by atoms with van der Waals surface area (Å²) in [6.07, 6.45) is 2.50. The molecule has 1 heterocycles. The molecular formula is C15H23N3O. The Morgan fingerprint density at radius 3 is 2.53 bits per heavy atom. The first-order valence-corrected chi connectivity index (χ1v) is 7.08. The van der Waals surface area contributed by atoms with E-state index in [1.54, 1.807) is 6.07 Å². The van der Waals surface area contributed by atoms with Crippen LogP contribution in [-0.4, -0.2) is 43.5 Å². The molecule has 4 heteroatoms. The minimum atomic E-state index is -0.344. The highest BCUT2D eigenvalue weighted by Crippen LogP contribution is 2.21. The lowest BCUT2D eigenvalue weighted by atomic mass is 10.1. The zero-order chi connectivity index (χ0) is 13.7. The van der Waals surface area contributed by atoms with Gasteiger partial charge in [-0.3, -0.25) is 9.69 Å². The number of hydrogen-bond acceptors (Lipinski definition) is 3. The minimum absolute atomic E-state index is 0.344. The maximum atomic E-state index is 11.5. The fourth-order valence-electron chi connectivity index (χ4n) is 2.55. The van der Waals surface area contributed by atoms with Crippen LogP contribution in [0, 0.1) is 0 Å². The first kappa shape index (κ1) is 13.9. The molecule has 2 rings (SSSR count). The fraction of sp³-hybridized carbons (Fsp3) is 0.533. The van der Waals surface area contributed by atoms with Crippen molar-refractivity contribution in [3.8, 4) is 0 Å². The van der Waals surface area contributed by atoms with E-state index in [0.717, 1.165) is 31.9 Å². The summed E-state index contributed by atoms with van der Waals surface area (Å²) in [7, 11) is 0. The van der Waals surface area contributed by atoms with Gasteiger partial charge >= 0.3 is 0 Å². The van der Waals surface area contributed by atoms with Crippen LogP contribution in [0.2, 0.25) is 0 Å². The number of amides is 1. The molecule has 2 N–H and O–H groups in total. The van der Waals surface area contributed by atoms with Gasteiger partial charge in [0.05, 0.1) is 5.56 Å². The zero-order valence-corrected chi connectivity index (χ0v) is 11.6. The molecule has 0 atom stereocenters. The van der Waals surface area contributed by atoms with E-state index in [0.29, 0.717) is 5.56 Å². The molecule has 1 aliphatic heterocycles. The summed E-state index contributed by atoms with van der Waals surface area (Å²) < 4.78 is 0. The normalized spacial score (nSPS) is 16.6. The number of para-hydroxylation sites is 1. The number of benzene rings is 1. The van der Waals surface area contributed by atoms with Crippen LogP contribution in [0.15, 0.2) is 24.3 Å². The van der Waals surface area contributed by atoms with Crippen molar-refractivity contribution in [1.82, 2.24) is 4.90 Å². The SMILES string of the molecule is CCCCN1CCN(c2ccccc2C(N)=O)CC1. The Morgan fingerprint density at radius 2 is 1.89 bits per heavy atom. The standard InChI is InChI=1S/C15H23N3O/c1-2-3-8-17-9-11-18(12-10-17)14-7-5-4-6-13(14)15(16)19/h4-7H,2-3,8-12H2,1H3,(H2,16,19). The molecular weight excluding hydrogens is 238 g/mol. The van der Waals surface area contributed by atoms with Crippen LogP contribution < -0.4 is 10.6 Å². The van der Waals surface area contributed by atoms with E-state index in [1.165, 1.54) is 19.4 Å². The van der Waals surface area contributed by atoms with E-state index in [2.05, 4.69) is 16.7 Å². The van der Waals surface area contributed by atoms with Crippen molar-refractivity contribution >= 4 is 11.6 Å². The lowest BCUT2D eigenvalue weighted by Crippen LogP contribution is -2.47. The number of nitrogens with zero attached hydrogens (tertiary/aromatic N) is 2. The van der Waals surface area contributed by atoms with Crippen LogP contribution in [0.1, 0.15) is 30.1 Å². The van der Waals surface area contributed by atoms with Crippen LogP contribution >= 0.6 is 0 Å². The van der Waals surface area contributed by atoms with Gasteiger partial charge in [0.1, 0.15) is 0 Å². The van der Waals surface area contributed by atoms with Crippen LogP contribution in [0.5, 0.6) is 0 Å². The molecule has 1 amide bonds. The Morgan fingerprint density at radius 1 is 1.21 bits per heavy atom. The molecule has 4 nitrogen and oxygen atoms in total. The molecule has 104 valence electrons. The molecule has 0 saturated carbocycles. The van der Waals surface area contributed by atoms with Gasteiger partial charge in [0.25, 0.3) is 5.91 Å². The maximum absolute atomic E-state index is 11.5. The highest BCUT2D eigenvalue weighted by molar-refractivity contribution is 5.98. The van der Waals surface area contributed by atoms with Crippen LogP contribution in [0.25, 0.3) is 0 Å². The summed E-state index contributed by atoms with van der Waals surface area (Å²) in [4.78, 5) is 16.2. The number of rotatable bonds is 5. The van der Waals surface area contributed by atoms with Crippen LogP contribution in [0.3, 0.4) is 0 Å². The lowest BCUT2D eigenvalue weighted by Gasteiger charge is -2.36. The molecule has 1 aliphatic rings. The van der Waals surface area contributed by atoms with Gasteiger partial charge in [0.15, 0.2) is 0 Å². The van der Waals surface area contributed by atoms with Gasteiger partial charge in [-0.1, -0.05) is 25.5 Å². The van der Waals surface area contributed by atoms with Crippen LogP contribution in [-0.2, 0) is 0 Å². The van der Waals surface area contributed by atoms with E-state index in [9.17, 15) is 4.79 Å². The largest absolute Gasteiger partial charge is 0.368 e. The molecule has 1 fully saturated rings. The predicted octanol–water partition coefficient (Wildman–Crippen LogP) is 1.71. The number of anilines is 1. The van der Waals surface area contributed by atoms with Crippen molar-refractivity contribution in [3.05, 3.63) is 29.8 Å². The lowest BCUT2D eigenvalue weighted by molar-refractivity contribution is 0.100. The minimum Gasteiger partial charge on any atom is -0.368 e. The molecule has 0 bridgehead atoms. The third-order valence-corrected chi connectivity index (χ3v) is 3.71. The molecule has 19 heavy (non-hydrogen) atoms. The summed E-state index contributed by atoms with van der Waals surface area (Å²) in [6.45, 7) is 7.46. The molecule has 0 unspecified atom stereocenters. The number of carbonyl (C=O) groups is 1. The van der Waals surface area contributed by atoms with Gasteiger partial charge in [-0.05, 0) is 25.1 Å². The molecule has 1 aromatic carbocycles. The third-order valence-electron chi connectivity index (χ3n) is 3.71. The first-order chi connectivity index (χ1) is 9.22. The van der Waals surface area contributed by atoms with E-state index in [1.807, 2.05) is 18.2 Å². The molecule has 0 spiro atoms. The monoisotopic (exact) mass is 261 g/mol. The maximum Gasteiger partial charge on any atom is 0.250 e. The summed E-state index contributed by atoms with van der Waals surface area (Å²) >= 11 is 0. The molecule has 1 aromatic rings. The number of nitrogens with two attached hydrogens (primary N) is 1. The Kier molecular flexibility index (Phi) is 4.80. The summed E-state index contributed by atoms with van der Waals surface area (Å²) in [5.74, 6) is -0.344. The van der Waals surface area contributed by atoms with E-state index >= 15 is 0 Å². The second-order valence-electron chi connectivity index (χ2n) is 5.06. The number of piperazine rings is 1. The number of hydrogen-bond donors (Lipinski definition) is 1. The summed E-state index contributed by atoms with van der Waals surface area (Å²) in [5.41, 5.74) is 7.04.